The van der Waals surface area contributed by atoms with Crippen LogP contribution in [0.2, 0.25) is 0 Å². The van der Waals surface area contributed by atoms with Crippen molar-refractivity contribution in [2.24, 2.45) is 0 Å². The van der Waals surface area contributed by atoms with Gasteiger partial charge < -0.3 is 24.8 Å². The topological polar surface area (TPSA) is 77.1 Å². The second kappa shape index (κ2) is 11.4. The number of nitrogens with one attached hydrogen (secondary N) is 1. The van der Waals surface area contributed by atoms with Gasteiger partial charge in [-0.2, -0.15) is 4.98 Å². The van der Waals surface area contributed by atoms with Crippen molar-refractivity contribution in [1.29, 1.82) is 0 Å². The van der Waals surface area contributed by atoms with Crippen molar-refractivity contribution < 1.29 is 9.53 Å². The molecule has 2 saturated heterocycles. The van der Waals surface area contributed by atoms with Crippen LogP contribution in [-0.4, -0.2) is 92.2 Å². The van der Waals surface area contributed by atoms with E-state index in [4.69, 9.17) is 14.7 Å². The number of benzene rings is 2. The maximum Gasteiger partial charge on any atom is 0.228 e. The van der Waals surface area contributed by atoms with Gasteiger partial charge in [-0.15, -0.1) is 0 Å². The molecular formula is C29H39N7O2. The normalized spacial score (nSPS) is 17.1. The number of hydrogen-bond donors (Lipinski definition) is 1. The predicted octanol–water partition coefficient (Wildman–Crippen LogP) is 3.45. The number of ether oxygens (including phenoxy) is 1. The maximum atomic E-state index is 11.8. The Balaban J connectivity index is 1.27. The van der Waals surface area contributed by atoms with E-state index in [1.54, 1.807) is 14.0 Å². The Kier molecular flexibility index (Phi) is 7.83. The molecule has 2 aliphatic heterocycles. The summed E-state index contributed by atoms with van der Waals surface area (Å²) in [7, 11) is 5.91. The first-order valence-corrected chi connectivity index (χ1v) is 13.5. The minimum atomic E-state index is 0.126. The highest BCUT2D eigenvalue weighted by Gasteiger charge is 2.25. The van der Waals surface area contributed by atoms with Gasteiger partial charge in [0.25, 0.3) is 0 Å². The van der Waals surface area contributed by atoms with E-state index in [0.29, 0.717) is 19.1 Å². The van der Waals surface area contributed by atoms with E-state index in [1.807, 2.05) is 17.0 Å². The summed E-state index contributed by atoms with van der Waals surface area (Å²) in [5, 5.41) is 4.81. The Labute approximate surface area is 225 Å². The second-order valence-electron chi connectivity index (χ2n) is 10.4. The average Bonchev–Trinajstić information content (AvgIpc) is 2.94. The lowest BCUT2D eigenvalue weighted by Gasteiger charge is -2.35. The van der Waals surface area contributed by atoms with Gasteiger partial charge in [-0.1, -0.05) is 18.2 Å². The van der Waals surface area contributed by atoms with E-state index in [-0.39, 0.29) is 5.91 Å². The lowest BCUT2D eigenvalue weighted by molar-refractivity contribution is -0.129. The highest BCUT2D eigenvalue weighted by Crippen LogP contribution is 2.31. The molecule has 1 amide bonds. The summed E-state index contributed by atoms with van der Waals surface area (Å²) in [4.78, 5) is 30.4. The monoisotopic (exact) mass is 517 g/mol. The predicted molar refractivity (Wildman–Crippen MR) is 153 cm³/mol. The van der Waals surface area contributed by atoms with Crippen LogP contribution in [0.3, 0.4) is 0 Å². The van der Waals surface area contributed by atoms with Gasteiger partial charge in [0.15, 0.2) is 0 Å². The Morgan fingerprint density at radius 2 is 1.74 bits per heavy atom. The van der Waals surface area contributed by atoms with E-state index in [2.05, 4.69) is 64.4 Å². The number of hydrogen-bond acceptors (Lipinski definition) is 8. The Hall–Kier alpha value is -3.59. The molecule has 0 aliphatic carbocycles. The number of methoxy groups -OCH3 is 1. The van der Waals surface area contributed by atoms with Gasteiger partial charge in [-0.05, 0) is 37.1 Å². The molecule has 3 heterocycles. The molecule has 3 aromatic rings. The van der Waals surface area contributed by atoms with Crippen LogP contribution in [0, 0.1) is 0 Å². The third kappa shape index (κ3) is 5.62. The van der Waals surface area contributed by atoms with Crippen LogP contribution in [0.15, 0.2) is 42.5 Å². The number of piperidine rings is 1. The average molecular weight is 518 g/mol. The van der Waals surface area contributed by atoms with Crippen molar-refractivity contribution in [2.75, 3.05) is 75.6 Å². The van der Waals surface area contributed by atoms with E-state index >= 15 is 0 Å². The van der Waals surface area contributed by atoms with Crippen molar-refractivity contribution in [3.63, 3.8) is 0 Å². The Bertz CT molecular complexity index is 1270. The van der Waals surface area contributed by atoms with Gasteiger partial charge in [0.05, 0.1) is 12.6 Å². The maximum absolute atomic E-state index is 11.8. The summed E-state index contributed by atoms with van der Waals surface area (Å²) in [6.07, 6.45) is 2.08. The summed E-state index contributed by atoms with van der Waals surface area (Å²) >= 11 is 0. The minimum absolute atomic E-state index is 0.126. The van der Waals surface area contributed by atoms with Crippen LogP contribution in [0.1, 0.15) is 25.3 Å². The van der Waals surface area contributed by atoms with Crippen LogP contribution in [0.4, 0.5) is 17.5 Å². The molecule has 0 saturated carbocycles. The van der Waals surface area contributed by atoms with Gasteiger partial charge in [-0.25, -0.2) is 4.98 Å². The fraction of sp³-hybridized carbons (Fsp3) is 0.483. The van der Waals surface area contributed by atoms with E-state index in [0.717, 1.165) is 74.0 Å². The zero-order chi connectivity index (χ0) is 26.6. The number of likely N-dealkylation sites (tertiary alicyclic amines) is 1. The molecular weight excluding hydrogens is 478 g/mol. The van der Waals surface area contributed by atoms with Gasteiger partial charge >= 0.3 is 0 Å². The molecule has 1 aromatic heterocycles. The summed E-state index contributed by atoms with van der Waals surface area (Å²) in [6.45, 7) is 7.41. The molecule has 0 radical (unpaired) electrons. The largest absolute Gasteiger partial charge is 0.496 e. The lowest BCUT2D eigenvalue weighted by atomic mass is 10.0. The zero-order valence-electron chi connectivity index (χ0n) is 23.0. The number of fused-ring (bicyclic) bond motifs is 1. The van der Waals surface area contributed by atoms with Gasteiger partial charge in [0.2, 0.25) is 11.9 Å². The number of piperazine rings is 1. The fourth-order valence-corrected chi connectivity index (χ4v) is 5.51. The van der Waals surface area contributed by atoms with Crippen LogP contribution >= 0.6 is 0 Å². The quantitative estimate of drug-likeness (QED) is 0.511. The summed E-state index contributed by atoms with van der Waals surface area (Å²) in [5.74, 6) is 2.71. The molecule has 2 aliphatic rings. The molecule has 0 unspecified atom stereocenters. The first-order chi connectivity index (χ1) is 18.4. The van der Waals surface area contributed by atoms with E-state index < -0.39 is 0 Å². The molecule has 0 bridgehead atoms. The van der Waals surface area contributed by atoms with Crippen LogP contribution in [-0.2, 0) is 11.3 Å². The standard InChI is InChI=1S/C29H39N7O2/c1-21(37)35-16-18-36(19-17-35)29-31-25-9-6-5-8-23(25)28(32-29)30-22-12-14-34(15-13-22)20-24-26(33(2)3)10-7-11-27(24)38-4/h5-11,22H,12-20H2,1-4H3,(H,30,31,32). The van der Waals surface area contributed by atoms with Crippen LogP contribution in [0.25, 0.3) is 10.9 Å². The first kappa shape index (κ1) is 26.0. The molecule has 202 valence electrons. The number of anilines is 3. The molecule has 9 nitrogen and oxygen atoms in total. The number of para-hydroxylation sites is 1. The summed E-state index contributed by atoms with van der Waals surface area (Å²) in [5.41, 5.74) is 3.38. The number of carbonyl (C=O) groups excluding carboxylic acids is 1. The molecule has 0 atom stereocenters. The van der Waals surface area contributed by atoms with Crippen LogP contribution < -0.4 is 19.9 Å². The zero-order valence-corrected chi connectivity index (χ0v) is 23.0. The third-order valence-electron chi connectivity index (χ3n) is 7.72. The van der Waals surface area contributed by atoms with Crippen molar-refractivity contribution in [3.05, 3.63) is 48.0 Å². The molecule has 38 heavy (non-hydrogen) atoms. The van der Waals surface area contributed by atoms with E-state index in [1.165, 1.54) is 11.3 Å². The first-order valence-electron chi connectivity index (χ1n) is 13.5. The Morgan fingerprint density at radius 3 is 2.42 bits per heavy atom. The van der Waals surface area contributed by atoms with E-state index in [9.17, 15) is 4.79 Å². The van der Waals surface area contributed by atoms with Crippen molar-refractivity contribution in [1.82, 2.24) is 19.8 Å². The van der Waals surface area contributed by atoms with Crippen molar-refractivity contribution in [3.8, 4) is 5.75 Å². The third-order valence-corrected chi connectivity index (χ3v) is 7.72. The summed E-state index contributed by atoms with van der Waals surface area (Å²) in [6, 6.07) is 14.8. The molecule has 5 rings (SSSR count). The number of aromatic nitrogens is 2. The van der Waals surface area contributed by atoms with Gasteiger partial charge in [-0.3, -0.25) is 9.69 Å². The second-order valence-corrected chi connectivity index (χ2v) is 10.4. The minimum Gasteiger partial charge on any atom is -0.496 e. The van der Waals surface area contributed by atoms with Crippen molar-refractivity contribution >= 4 is 34.3 Å². The molecule has 2 aromatic carbocycles. The SMILES string of the molecule is COc1cccc(N(C)C)c1CN1CCC(Nc2nc(N3CCN(C(C)=O)CC3)nc3ccccc23)CC1. The molecule has 9 heteroatoms. The number of nitrogens with zero attached hydrogens (tertiary/aromatic N) is 6. The van der Waals surface area contributed by atoms with Gasteiger partial charge in [0, 0.05) is 89.5 Å². The number of amides is 1. The fourth-order valence-electron chi connectivity index (χ4n) is 5.51. The summed E-state index contributed by atoms with van der Waals surface area (Å²) < 4.78 is 5.69. The highest BCUT2D eigenvalue weighted by molar-refractivity contribution is 5.90. The van der Waals surface area contributed by atoms with Gasteiger partial charge in [0.1, 0.15) is 11.6 Å². The lowest BCUT2D eigenvalue weighted by Crippen LogP contribution is -2.48. The molecule has 0 spiro atoms. The van der Waals surface area contributed by atoms with Crippen molar-refractivity contribution in [2.45, 2.75) is 32.4 Å². The smallest absolute Gasteiger partial charge is 0.228 e. The van der Waals surface area contributed by atoms with Crippen LogP contribution in [0.5, 0.6) is 5.75 Å². The Morgan fingerprint density at radius 1 is 1.00 bits per heavy atom. The molecule has 2 fully saturated rings. The molecule has 1 N–H and O–H groups in total. The highest BCUT2D eigenvalue weighted by atomic mass is 16.5. The number of carbonyl (C=O) groups is 1. The number of rotatable bonds is 7.